The molecule has 0 saturated carbocycles. The Morgan fingerprint density at radius 2 is 1.86 bits per heavy atom. The highest BCUT2D eigenvalue weighted by Gasteiger charge is 2.24. The van der Waals surface area contributed by atoms with Crippen LogP contribution in [-0.2, 0) is 4.74 Å². The molecule has 0 aromatic heterocycles. The van der Waals surface area contributed by atoms with Crippen LogP contribution < -0.4 is 5.32 Å². The topological polar surface area (TPSA) is 58.6 Å². The number of hydrogen-bond acceptors (Lipinski definition) is 3. The van der Waals surface area contributed by atoms with Crippen LogP contribution in [0.4, 0.5) is 10.5 Å². The SMILES string of the molecule is CCN(C(=O)Nc1ccc(C(C)=O)cc1)C1CCOCC1. The van der Waals surface area contributed by atoms with E-state index in [1.54, 1.807) is 24.3 Å². The van der Waals surface area contributed by atoms with Crippen LogP contribution in [0.2, 0.25) is 0 Å². The number of ether oxygens (including phenoxy) is 1. The number of amides is 2. The number of nitrogens with zero attached hydrogens (tertiary/aromatic N) is 1. The number of hydrogen-bond donors (Lipinski definition) is 1. The first-order chi connectivity index (χ1) is 10.1. The minimum absolute atomic E-state index is 0.0188. The third kappa shape index (κ3) is 4.04. The zero-order chi connectivity index (χ0) is 15.2. The molecule has 0 atom stereocenters. The van der Waals surface area contributed by atoms with Crippen LogP contribution in [0.25, 0.3) is 0 Å². The van der Waals surface area contributed by atoms with Crippen LogP contribution >= 0.6 is 0 Å². The van der Waals surface area contributed by atoms with Gasteiger partial charge in [0, 0.05) is 37.1 Å². The molecule has 0 unspecified atom stereocenters. The van der Waals surface area contributed by atoms with E-state index >= 15 is 0 Å². The number of nitrogens with one attached hydrogen (secondary N) is 1. The highest BCUT2D eigenvalue weighted by molar-refractivity contribution is 5.95. The Labute approximate surface area is 125 Å². The lowest BCUT2D eigenvalue weighted by Crippen LogP contribution is -2.45. The molecule has 2 amide bonds. The maximum absolute atomic E-state index is 12.4. The molecule has 1 fully saturated rings. The van der Waals surface area contributed by atoms with Gasteiger partial charge < -0.3 is 15.0 Å². The van der Waals surface area contributed by atoms with Crippen molar-refractivity contribution in [2.24, 2.45) is 0 Å². The van der Waals surface area contributed by atoms with Crippen molar-refractivity contribution in [2.75, 3.05) is 25.1 Å². The van der Waals surface area contributed by atoms with E-state index in [0.717, 1.165) is 12.8 Å². The zero-order valence-electron chi connectivity index (χ0n) is 12.6. The lowest BCUT2D eigenvalue weighted by Gasteiger charge is -2.33. The zero-order valence-corrected chi connectivity index (χ0v) is 12.6. The van der Waals surface area contributed by atoms with Crippen molar-refractivity contribution in [1.82, 2.24) is 4.90 Å². The monoisotopic (exact) mass is 290 g/mol. The van der Waals surface area contributed by atoms with Gasteiger partial charge in [-0.05, 0) is 51.0 Å². The summed E-state index contributed by atoms with van der Waals surface area (Å²) in [5, 5.41) is 2.89. The molecular weight excluding hydrogens is 268 g/mol. The summed E-state index contributed by atoms with van der Waals surface area (Å²) in [6.07, 6.45) is 1.76. The minimum atomic E-state index is -0.0972. The maximum atomic E-state index is 12.4. The van der Waals surface area contributed by atoms with Gasteiger partial charge in [0.2, 0.25) is 0 Å². The van der Waals surface area contributed by atoms with Crippen LogP contribution in [0, 0.1) is 0 Å². The van der Waals surface area contributed by atoms with Crippen LogP contribution in [0.5, 0.6) is 0 Å². The third-order valence-electron chi connectivity index (χ3n) is 3.78. The summed E-state index contributed by atoms with van der Waals surface area (Å²) >= 11 is 0. The van der Waals surface area contributed by atoms with Crippen molar-refractivity contribution in [2.45, 2.75) is 32.7 Å². The second kappa shape index (κ2) is 7.22. The predicted octanol–water partition coefficient (Wildman–Crippen LogP) is 2.92. The van der Waals surface area contributed by atoms with E-state index in [1.807, 2.05) is 11.8 Å². The van der Waals surface area contributed by atoms with Crippen molar-refractivity contribution < 1.29 is 14.3 Å². The number of rotatable bonds is 4. The molecule has 1 aliphatic rings. The van der Waals surface area contributed by atoms with Crippen molar-refractivity contribution in [1.29, 1.82) is 0 Å². The number of carbonyl (C=O) groups is 2. The first-order valence-electron chi connectivity index (χ1n) is 7.38. The summed E-state index contributed by atoms with van der Waals surface area (Å²) < 4.78 is 5.34. The van der Waals surface area contributed by atoms with E-state index in [4.69, 9.17) is 4.74 Å². The summed E-state index contributed by atoms with van der Waals surface area (Å²) in [6.45, 7) is 5.59. The first-order valence-corrected chi connectivity index (χ1v) is 7.38. The molecule has 0 aliphatic carbocycles. The largest absolute Gasteiger partial charge is 0.381 e. The van der Waals surface area contributed by atoms with E-state index in [1.165, 1.54) is 6.92 Å². The summed E-state index contributed by atoms with van der Waals surface area (Å²) in [6, 6.07) is 7.10. The van der Waals surface area contributed by atoms with Crippen LogP contribution in [0.1, 0.15) is 37.0 Å². The molecule has 5 heteroatoms. The predicted molar refractivity (Wildman–Crippen MR) is 81.7 cm³/mol. The lowest BCUT2D eigenvalue weighted by atomic mass is 10.1. The highest BCUT2D eigenvalue weighted by atomic mass is 16.5. The molecule has 1 saturated heterocycles. The number of anilines is 1. The molecule has 21 heavy (non-hydrogen) atoms. The van der Waals surface area contributed by atoms with Gasteiger partial charge in [-0.2, -0.15) is 0 Å². The van der Waals surface area contributed by atoms with Crippen molar-refractivity contribution in [3.05, 3.63) is 29.8 Å². The molecule has 114 valence electrons. The Morgan fingerprint density at radius 1 is 1.24 bits per heavy atom. The molecule has 1 aliphatic heterocycles. The Bertz CT molecular complexity index is 493. The smallest absolute Gasteiger partial charge is 0.322 e. The lowest BCUT2D eigenvalue weighted by molar-refractivity contribution is 0.0494. The Morgan fingerprint density at radius 3 is 2.38 bits per heavy atom. The van der Waals surface area contributed by atoms with Gasteiger partial charge in [-0.15, -0.1) is 0 Å². The fraction of sp³-hybridized carbons (Fsp3) is 0.500. The number of carbonyl (C=O) groups excluding carboxylic acids is 2. The van der Waals surface area contributed by atoms with Crippen LogP contribution in [0.3, 0.4) is 0 Å². The highest BCUT2D eigenvalue weighted by Crippen LogP contribution is 2.17. The average molecular weight is 290 g/mol. The second-order valence-electron chi connectivity index (χ2n) is 5.19. The van der Waals surface area contributed by atoms with Gasteiger partial charge in [-0.1, -0.05) is 0 Å². The third-order valence-corrected chi connectivity index (χ3v) is 3.78. The van der Waals surface area contributed by atoms with Gasteiger partial charge in [0.05, 0.1) is 0 Å². The van der Waals surface area contributed by atoms with Gasteiger partial charge in [0.25, 0.3) is 0 Å². The normalized spacial score (nSPS) is 15.5. The quantitative estimate of drug-likeness (QED) is 0.867. The standard InChI is InChI=1S/C16H22N2O3/c1-3-18(15-8-10-21-11-9-15)16(20)17-14-6-4-13(5-7-14)12(2)19/h4-7,15H,3,8-11H2,1-2H3,(H,17,20). The fourth-order valence-electron chi connectivity index (χ4n) is 2.55. The number of benzene rings is 1. The summed E-state index contributed by atoms with van der Waals surface area (Å²) in [7, 11) is 0. The molecule has 1 heterocycles. The average Bonchev–Trinajstić information content (AvgIpc) is 2.49. The van der Waals surface area contributed by atoms with E-state index in [2.05, 4.69) is 5.32 Å². The van der Waals surface area contributed by atoms with Gasteiger partial charge >= 0.3 is 6.03 Å². The summed E-state index contributed by atoms with van der Waals surface area (Å²) in [5.41, 5.74) is 1.35. The van der Waals surface area contributed by atoms with Crippen LogP contribution in [-0.4, -0.2) is 42.5 Å². The summed E-state index contributed by atoms with van der Waals surface area (Å²) in [5.74, 6) is 0.0188. The van der Waals surface area contributed by atoms with Crippen molar-refractivity contribution >= 4 is 17.5 Å². The van der Waals surface area contributed by atoms with Gasteiger partial charge in [-0.25, -0.2) is 4.79 Å². The summed E-state index contributed by atoms with van der Waals surface area (Å²) in [4.78, 5) is 25.4. The molecule has 1 aromatic rings. The fourth-order valence-corrected chi connectivity index (χ4v) is 2.55. The molecule has 5 nitrogen and oxygen atoms in total. The van der Waals surface area contributed by atoms with Crippen LogP contribution in [0.15, 0.2) is 24.3 Å². The van der Waals surface area contributed by atoms with Crippen molar-refractivity contribution in [3.63, 3.8) is 0 Å². The van der Waals surface area contributed by atoms with E-state index in [0.29, 0.717) is 31.0 Å². The van der Waals surface area contributed by atoms with E-state index in [9.17, 15) is 9.59 Å². The Kier molecular flexibility index (Phi) is 5.33. The number of ketones is 1. The molecular formula is C16H22N2O3. The number of Topliss-reactive ketones (excluding diaryl/α,β-unsaturated/α-hetero) is 1. The molecule has 0 radical (unpaired) electrons. The first kappa shape index (κ1) is 15.5. The minimum Gasteiger partial charge on any atom is -0.381 e. The van der Waals surface area contributed by atoms with E-state index < -0.39 is 0 Å². The van der Waals surface area contributed by atoms with Gasteiger partial charge in [-0.3, -0.25) is 4.79 Å². The second-order valence-corrected chi connectivity index (χ2v) is 5.19. The van der Waals surface area contributed by atoms with Crippen molar-refractivity contribution in [3.8, 4) is 0 Å². The molecule has 1 N–H and O–H groups in total. The Hall–Kier alpha value is -1.88. The Balaban J connectivity index is 1.99. The van der Waals surface area contributed by atoms with E-state index in [-0.39, 0.29) is 17.9 Å². The molecule has 0 bridgehead atoms. The molecule has 2 rings (SSSR count). The van der Waals surface area contributed by atoms with Gasteiger partial charge in [0.1, 0.15) is 0 Å². The number of urea groups is 1. The molecule has 1 aromatic carbocycles. The van der Waals surface area contributed by atoms with Gasteiger partial charge in [0.15, 0.2) is 5.78 Å². The maximum Gasteiger partial charge on any atom is 0.322 e. The molecule has 0 spiro atoms.